The molecule has 0 aliphatic heterocycles. The van der Waals surface area contributed by atoms with Crippen LogP contribution < -0.4 is 21.3 Å². The third-order valence-corrected chi connectivity index (χ3v) is 2.78. The number of pyridine rings is 1. The van der Waals surface area contributed by atoms with Crippen LogP contribution in [0.3, 0.4) is 0 Å². The van der Waals surface area contributed by atoms with Gasteiger partial charge in [0.25, 0.3) is 0 Å². The van der Waals surface area contributed by atoms with E-state index in [4.69, 9.17) is 22.2 Å². The van der Waals surface area contributed by atoms with Crippen molar-refractivity contribution in [3.63, 3.8) is 0 Å². The van der Waals surface area contributed by atoms with Crippen LogP contribution in [0.15, 0.2) is 24.3 Å². The Morgan fingerprint density at radius 3 is 2.50 bits per heavy atom. The number of anilines is 3. The highest BCUT2D eigenvalue weighted by molar-refractivity contribution is 6.32. The highest BCUT2D eigenvalue weighted by Gasteiger charge is 2.12. The van der Waals surface area contributed by atoms with E-state index in [0.29, 0.717) is 22.5 Å². The van der Waals surface area contributed by atoms with E-state index in [1.54, 1.807) is 12.1 Å². The van der Waals surface area contributed by atoms with Crippen LogP contribution in [0.2, 0.25) is 5.02 Å². The van der Waals surface area contributed by atoms with Crippen LogP contribution >= 0.6 is 11.6 Å². The molecular formula is C12H11ClF2N4O. The van der Waals surface area contributed by atoms with E-state index in [0.717, 1.165) is 0 Å². The minimum atomic E-state index is -0.886. The summed E-state index contributed by atoms with van der Waals surface area (Å²) in [5.74, 6) is 3.38. The number of nitrogen functional groups attached to an aromatic ring is 1. The lowest BCUT2D eigenvalue weighted by Crippen LogP contribution is -2.12. The molecule has 0 saturated carbocycles. The fourth-order valence-electron chi connectivity index (χ4n) is 1.54. The van der Waals surface area contributed by atoms with Gasteiger partial charge < -0.3 is 15.5 Å². The Bertz CT molecular complexity index is 639. The molecule has 0 atom stereocenters. The third-order valence-electron chi connectivity index (χ3n) is 2.48. The number of hydrogen-bond acceptors (Lipinski definition) is 5. The molecule has 2 aromatic rings. The fourth-order valence-corrected chi connectivity index (χ4v) is 1.79. The van der Waals surface area contributed by atoms with Crippen molar-refractivity contribution in [3.05, 3.63) is 40.9 Å². The minimum Gasteiger partial charge on any atom is -0.495 e. The SMILES string of the molecule is COc1ccc(Nc2nc(NN)c(F)cc2F)cc1Cl. The predicted octanol–water partition coefficient (Wildman–Crippen LogP) is 3.05. The Balaban J connectivity index is 2.32. The Kier molecular flexibility index (Phi) is 4.21. The lowest BCUT2D eigenvalue weighted by Gasteiger charge is -2.10. The van der Waals surface area contributed by atoms with Crippen LogP contribution in [0.1, 0.15) is 0 Å². The minimum absolute atomic E-state index is 0.180. The maximum Gasteiger partial charge on any atom is 0.178 e. The van der Waals surface area contributed by atoms with Crippen molar-refractivity contribution in [2.45, 2.75) is 0 Å². The zero-order valence-corrected chi connectivity index (χ0v) is 11.1. The molecule has 8 heteroatoms. The van der Waals surface area contributed by atoms with E-state index in [2.05, 4.69) is 10.3 Å². The maximum absolute atomic E-state index is 13.6. The van der Waals surface area contributed by atoms with Gasteiger partial charge in [-0.3, -0.25) is 0 Å². The number of hydrazine groups is 1. The summed E-state index contributed by atoms with van der Waals surface area (Å²) in [5.41, 5.74) is 2.51. The summed E-state index contributed by atoms with van der Waals surface area (Å²) < 4.78 is 31.8. The average molecular weight is 301 g/mol. The molecule has 0 unspecified atom stereocenters. The van der Waals surface area contributed by atoms with Crippen molar-refractivity contribution in [3.8, 4) is 5.75 Å². The molecule has 0 aliphatic carbocycles. The molecule has 4 N–H and O–H groups in total. The molecule has 1 aromatic carbocycles. The van der Waals surface area contributed by atoms with E-state index in [-0.39, 0.29) is 11.6 Å². The van der Waals surface area contributed by atoms with Gasteiger partial charge in [0, 0.05) is 11.8 Å². The molecule has 0 bridgehead atoms. The summed E-state index contributed by atoms with van der Waals surface area (Å²) in [6.07, 6.45) is 0. The Morgan fingerprint density at radius 1 is 1.20 bits per heavy atom. The molecule has 1 aromatic heterocycles. The van der Waals surface area contributed by atoms with E-state index in [1.165, 1.54) is 13.2 Å². The Hall–Kier alpha value is -2.12. The third kappa shape index (κ3) is 2.89. The van der Waals surface area contributed by atoms with Crippen molar-refractivity contribution < 1.29 is 13.5 Å². The van der Waals surface area contributed by atoms with E-state index >= 15 is 0 Å². The summed E-state index contributed by atoms with van der Waals surface area (Å²) in [5, 5.41) is 3.02. The molecule has 0 aliphatic rings. The van der Waals surface area contributed by atoms with E-state index < -0.39 is 11.6 Å². The maximum atomic E-state index is 13.6. The van der Waals surface area contributed by atoms with Gasteiger partial charge in [-0.25, -0.2) is 19.6 Å². The zero-order valence-electron chi connectivity index (χ0n) is 10.4. The van der Waals surface area contributed by atoms with Gasteiger partial charge in [0.2, 0.25) is 0 Å². The standard InChI is InChI=1S/C12H11ClF2N4O/c1-20-10-3-2-6(4-7(10)13)17-11-8(14)5-9(15)12(18-11)19-16/h2-5H,16H2,1H3,(H2,17,18,19). The van der Waals surface area contributed by atoms with Crippen LogP contribution in [0.4, 0.5) is 26.1 Å². The molecule has 5 nitrogen and oxygen atoms in total. The number of benzene rings is 1. The summed E-state index contributed by atoms with van der Waals surface area (Å²) in [6, 6.07) is 5.43. The van der Waals surface area contributed by atoms with Gasteiger partial charge in [0.1, 0.15) is 5.75 Å². The highest BCUT2D eigenvalue weighted by atomic mass is 35.5. The molecule has 1 heterocycles. The van der Waals surface area contributed by atoms with Crippen molar-refractivity contribution in [2.24, 2.45) is 5.84 Å². The molecule has 20 heavy (non-hydrogen) atoms. The first-order chi connectivity index (χ1) is 9.55. The number of nitrogens with zero attached hydrogens (tertiary/aromatic N) is 1. The lowest BCUT2D eigenvalue weighted by atomic mass is 10.3. The van der Waals surface area contributed by atoms with Crippen molar-refractivity contribution in [1.29, 1.82) is 0 Å². The van der Waals surface area contributed by atoms with Crippen molar-refractivity contribution >= 4 is 28.9 Å². The number of methoxy groups -OCH3 is 1. The van der Waals surface area contributed by atoms with Gasteiger partial charge in [-0.2, -0.15) is 0 Å². The Morgan fingerprint density at radius 2 is 1.90 bits per heavy atom. The van der Waals surface area contributed by atoms with Gasteiger partial charge in [-0.1, -0.05) is 11.6 Å². The van der Waals surface area contributed by atoms with E-state index in [1.807, 2.05) is 5.43 Å². The molecule has 0 radical (unpaired) electrons. The first kappa shape index (κ1) is 14.3. The monoisotopic (exact) mass is 300 g/mol. The summed E-state index contributed by atoms with van der Waals surface area (Å²) in [7, 11) is 1.48. The molecule has 0 fully saturated rings. The van der Waals surface area contributed by atoms with Crippen LogP contribution in [0, 0.1) is 11.6 Å². The average Bonchev–Trinajstić information content (AvgIpc) is 2.42. The van der Waals surface area contributed by atoms with Crippen molar-refractivity contribution in [1.82, 2.24) is 4.98 Å². The lowest BCUT2D eigenvalue weighted by molar-refractivity contribution is 0.415. The first-order valence-corrected chi connectivity index (χ1v) is 5.86. The fraction of sp³-hybridized carbons (Fsp3) is 0.0833. The number of ether oxygens (including phenoxy) is 1. The molecular weight excluding hydrogens is 290 g/mol. The number of halogens is 3. The van der Waals surface area contributed by atoms with Gasteiger partial charge >= 0.3 is 0 Å². The molecule has 2 rings (SSSR count). The van der Waals surface area contributed by atoms with Gasteiger partial charge in [-0.05, 0) is 18.2 Å². The number of hydrogen-bond donors (Lipinski definition) is 3. The van der Waals surface area contributed by atoms with Crippen LogP contribution in [0.25, 0.3) is 0 Å². The topological polar surface area (TPSA) is 72.2 Å². The zero-order chi connectivity index (χ0) is 14.7. The van der Waals surface area contributed by atoms with Gasteiger partial charge in [0.15, 0.2) is 23.3 Å². The molecule has 0 spiro atoms. The van der Waals surface area contributed by atoms with Crippen LogP contribution in [-0.4, -0.2) is 12.1 Å². The van der Waals surface area contributed by atoms with E-state index in [9.17, 15) is 8.78 Å². The number of nitrogens with two attached hydrogens (primary N) is 1. The largest absolute Gasteiger partial charge is 0.495 e. The number of rotatable bonds is 4. The number of aromatic nitrogens is 1. The Labute approximate surface area is 118 Å². The second kappa shape index (κ2) is 5.89. The smallest absolute Gasteiger partial charge is 0.178 e. The molecule has 106 valence electrons. The highest BCUT2D eigenvalue weighted by Crippen LogP contribution is 2.29. The second-order valence-electron chi connectivity index (χ2n) is 3.77. The van der Waals surface area contributed by atoms with Gasteiger partial charge in [0.05, 0.1) is 12.1 Å². The summed E-state index contributed by atoms with van der Waals surface area (Å²) >= 11 is 5.95. The van der Waals surface area contributed by atoms with Crippen molar-refractivity contribution in [2.75, 3.05) is 17.9 Å². The predicted molar refractivity (Wildman–Crippen MR) is 73.2 cm³/mol. The second-order valence-corrected chi connectivity index (χ2v) is 4.18. The normalized spacial score (nSPS) is 10.2. The summed E-state index contributed by atoms with van der Waals surface area (Å²) in [6.45, 7) is 0. The molecule has 0 saturated heterocycles. The van der Waals surface area contributed by atoms with Crippen LogP contribution in [0.5, 0.6) is 5.75 Å². The summed E-state index contributed by atoms with van der Waals surface area (Å²) in [4.78, 5) is 3.69. The molecule has 0 amide bonds. The first-order valence-electron chi connectivity index (χ1n) is 5.48. The quantitative estimate of drug-likeness (QED) is 0.598. The van der Waals surface area contributed by atoms with Crippen LogP contribution in [-0.2, 0) is 0 Å². The number of nitrogens with one attached hydrogen (secondary N) is 2. The van der Waals surface area contributed by atoms with Gasteiger partial charge in [-0.15, -0.1) is 0 Å².